The zero-order valence-corrected chi connectivity index (χ0v) is 10.1. The Labute approximate surface area is 102 Å². The first kappa shape index (κ1) is 12.4. The van der Waals surface area contributed by atoms with E-state index in [1.807, 2.05) is 0 Å². The average molecular weight is 234 g/mol. The summed E-state index contributed by atoms with van der Waals surface area (Å²) in [5, 5.41) is 16.8. The molecule has 4 heteroatoms. The van der Waals surface area contributed by atoms with Gasteiger partial charge in [0.05, 0.1) is 51.4 Å². The average Bonchev–Trinajstić information content (AvgIpc) is 2.23. The van der Waals surface area contributed by atoms with Crippen LogP contribution in [-0.2, 0) is 9.47 Å². The molecule has 3 aliphatic carbocycles. The number of hydrogen-bond acceptors (Lipinski definition) is 4. The van der Waals surface area contributed by atoms with Crippen molar-refractivity contribution < 1.29 is 9.47 Å². The lowest BCUT2D eigenvalue weighted by molar-refractivity contribution is -0.252. The van der Waals surface area contributed by atoms with E-state index in [2.05, 4.69) is 12.1 Å². The van der Waals surface area contributed by atoms with Gasteiger partial charge in [-0.3, -0.25) is 0 Å². The molecule has 4 nitrogen and oxygen atoms in total. The highest BCUT2D eigenvalue weighted by Crippen LogP contribution is 2.73. The number of hydrogen-bond donors (Lipinski definition) is 0. The third-order valence-corrected chi connectivity index (χ3v) is 3.78. The zero-order valence-electron chi connectivity index (χ0n) is 10.1. The van der Waals surface area contributed by atoms with Gasteiger partial charge in [0.25, 0.3) is 0 Å². The van der Waals surface area contributed by atoms with Gasteiger partial charge < -0.3 is 9.47 Å². The Bertz CT molecular complexity index is 302. The summed E-state index contributed by atoms with van der Waals surface area (Å²) in [5.74, 6) is 0. The topological polar surface area (TPSA) is 66.0 Å². The molecule has 0 heterocycles. The van der Waals surface area contributed by atoms with E-state index < -0.39 is 0 Å². The molecule has 92 valence electrons. The fourth-order valence-corrected chi connectivity index (χ4v) is 3.35. The van der Waals surface area contributed by atoms with Gasteiger partial charge in [0.2, 0.25) is 0 Å². The van der Waals surface area contributed by atoms with Crippen molar-refractivity contribution >= 4 is 0 Å². The van der Waals surface area contributed by atoms with Crippen molar-refractivity contribution in [2.45, 2.75) is 32.1 Å². The van der Waals surface area contributed by atoms with E-state index in [-0.39, 0.29) is 0 Å². The Balaban J connectivity index is 1.54. The van der Waals surface area contributed by atoms with E-state index in [1.165, 1.54) is 19.3 Å². The largest absolute Gasteiger partial charge is 0.380 e. The summed E-state index contributed by atoms with van der Waals surface area (Å²) in [5.41, 5.74) is 0.794. The van der Waals surface area contributed by atoms with Crippen LogP contribution < -0.4 is 0 Å². The van der Waals surface area contributed by atoms with Crippen LogP contribution in [0.15, 0.2) is 0 Å². The SMILES string of the molecule is N#CCCOCC12CC(COCCC#N)(C1)C2. The quantitative estimate of drug-likeness (QED) is 0.602. The Kier molecular flexibility index (Phi) is 3.66. The summed E-state index contributed by atoms with van der Waals surface area (Å²) < 4.78 is 11.0. The number of nitriles is 2. The van der Waals surface area contributed by atoms with Crippen molar-refractivity contribution in [1.29, 1.82) is 10.5 Å². The maximum absolute atomic E-state index is 8.39. The monoisotopic (exact) mass is 234 g/mol. The van der Waals surface area contributed by atoms with Crippen molar-refractivity contribution in [3.63, 3.8) is 0 Å². The molecule has 2 bridgehead atoms. The first-order valence-electron chi connectivity index (χ1n) is 6.14. The molecule has 0 aromatic heterocycles. The van der Waals surface area contributed by atoms with Gasteiger partial charge in [0, 0.05) is 0 Å². The number of ether oxygens (including phenoxy) is 2. The lowest BCUT2D eigenvalue weighted by Gasteiger charge is -2.70. The minimum atomic E-state index is 0.397. The molecular formula is C13H18N2O2. The first-order chi connectivity index (χ1) is 8.24. The normalized spacial score (nSPS) is 33.1. The van der Waals surface area contributed by atoms with Gasteiger partial charge in [-0.05, 0) is 30.1 Å². The van der Waals surface area contributed by atoms with Crippen molar-refractivity contribution in [2.75, 3.05) is 26.4 Å². The van der Waals surface area contributed by atoms with E-state index >= 15 is 0 Å². The molecule has 0 amide bonds. The molecule has 3 fully saturated rings. The van der Waals surface area contributed by atoms with Crippen molar-refractivity contribution in [2.24, 2.45) is 10.8 Å². The Morgan fingerprint density at radius 2 is 1.24 bits per heavy atom. The molecular weight excluding hydrogens is 216 g/mol. The summed E-state index contributed by atoms with van der Waals surface area (Å²) in [7, 11) is 0. The first-order valence-corrected chi connectivity index (χ1v) is 6.14. The second kappa shape index (κ2) is 5.04. The van der Waals surface area contributed by atoms with Crippen molar-refractivity contribution in [3.8, 4) is 12.1 Å². The summed E-state index contributed by atoms with van der Waals surface area (Å²) >= 11 is 0. The van der Waals surface area contributed by atoms with Crippen LogP contribution in [0.25, 0.3) is 0 Å². The molecule has 3 rings (SSSR count). The van der Waals surface area contributed by atoms with Crippen LogP contribution in [-0.4, -0.2) is 26.4 Å². The molecule has 0 unspecified atom stereocenters. The second-order valence-electron chi connectivity index (χ2n) is 5.45. The molecule has 3 saturated carbocycles. The smallest absolute Gasteiger partial charge is 0.0645 e. The molecule has 0 aromatic carbocycles. The highest BCUT2D eigenvalue weighted by Gasteiger charge is 2.67. The van der Waals surface area contributed by atoms with E-state index in [9.17, 15) is 0 Å². The van der Waals surface area contributed by atoms with E-state index in [0.29, 0.717) is 36.9 Å². The predicted molar refractivity (Wildman–Crippen MR) is 60.8 cm³/mol. The second-order valence-corrected chi connectivity index (χ2v) is 5.45. The van der Waals surface area contributed by atoms with Crippen molar-refractivity contribution in [3.05, 3.63) is 0 Å². The molecule has 0 spiro atoms. The van der Waals surface area contributed by atoms with Crippen LogP contribution in [0, 0.1) is 33.5 Å². The molecule has 0 aliphatic heterocycles. The predicted octanol–water partition coefficient (Wildman–Crippen LogP) is 2.02. The fraction of sp³-hybridized carbons (Fsp3) is 0.846. The lowest BCUT2D eigenvalue weighted by Crippen LogP contribution is -2.65. The lowest BCUT2D eigenvalue weighted by atomic mass is 9.35. The van der Waals surface area contributed by atoms with Gasteiger partial charge in [-0.25, -0.2) is 0 Å². The minimum absolute atomic E-state index is 0.397. The van der Waals surface area contributed by atoms with Crippen LogP contribution in [0.2, 0.25) is 0 Å². The third-order valence-electron chi connectivity index (χ3n) is 3.78. The van der Waals surface area contributed by atoms with E-state index in [4.69, 9.17) is 20.0 Å². The van der Waals surface area contributed by atoms with Gasteiger partial charge in [-0.15, -0.1) is 0 Å². The Hall–Kier alpha value is -1.10. The highest BCUT2D eigenvalue weighted by atomic mass is 16.5. The summed E-state index contributed by atoms with van der Waals surface area (Å²) in [6.07, 6.45) is 4.55. The third kappa shape index (κ3) is 2.60. The summed E-state index contributed by atoms with van der Waals surface area (Å²) in [4.78, 5) is 0. The molecule has 0 saturated heterocycles. The van der Waals surface area contributed by atoms with Crippen LogP contribution in [0.1, 0.15) is 32.1 Å². The van der Waals surface area contributed by atoms with Crippen LogP contribution >= 0.6 is 0 Å². The molecule has 0 aromatic rings. The highest BCUT2D eigenvalue weighted by molar-refractivity contribution is 5.17. The fourth-order valence-electron chi connectivity index (χ4n) is 3.35. The van der Waals surface area contributed by atoms with Crippen molar-refractivity contribution in [1.82, 2.24) is 0 Å². The molecule has 0 N–H and O–H groups in total. The van der Waals surface area contributed by atoms with Gasteiger partial charge >= 0.3 is 0 Å². The molecule has 3 aliphatic rings. The van der Waals surface area contributed by atoms with E-state index in [1.54, 1.807) is 0 Å². The van der Waals surface area contributed by atoms with Gasteiger partial charge in [-0.1, -0.05) is 0 Å². The molecule has 0 atom stereocenters. The summed E-state index contributed by atoms with van der Waals surface area (Å²) in [6, 6.07) is 4.16. The maximum Gasteiger partial charge on any atom is 0.0645 e. The van der Waals surface area contributed by atoms with Gasteiger partial charge in [0.1, 0.15) is 0 Å². The summed E-state index contributed by atoms with van der Waals surface area (Å²) in [6.45, 7) is 2.72. The maximum atomic E-state index is 8.39. The molecule has 0 radical (unpaired) electrons. The van der Waals surface area contributed by atoms with Crippen LogP contribution in [0.4, 0.5) is 0 Å². The van der Waals surface area contributed by atoms with Gasteiger partial charge in [0.15, 0.2) is 0 Å². The number of nitrogens with zero attached hydrogens (tertiary/aromatic N) is 2. The minimum Gasteiger partial charge on any atom is -0.380 e. The number of rotatable bonds is 8. The van der Waals surface area contributed by atoms with E-state index in [0.717, 1.165) is 13.2 Å². The van der Waals surface area contributed by atoms with Gasteiger partial charge in [-0.2, -0.15) is 10.5 Å². The Morgan fingerprint density at radius 3 is 1.59 bits per heavy atom. The standard InChI is InChI=1S/C13H18N2O2/c14-3-1-5-16-10-12-7-13(8-12,9-12)11-17-6-2-4-15/h1-2,5-11H2. The molecule has 17 heavy (non-hydrogen) atoms. The van der Waals surface area contributed by atoms with Crippen LogP contribution in [0.3, 0.4) is 0 Å². The Morgan fingerprint density at radius 1 is 0.824 bits per heavy atom. The zero-order chi connectivity index (χ0) is 12.2. The van der Waals surface area contributed by atoms with Crippen LogP contribution in [0.5, 0.6) is 0 Å².